The second-order valence-electron chi connectivity index (χ2n) is 4.10. The third-order valence-electron chi connectivity index (χ3n) is 2.28. The minimum Gasteiger partial charge on any atom is -0.492 e. The van der Waals surface area contributed by atoms with E-state index >= 15 is 0 Å². The zero-order valence-electron chi connectivity index (χ0n) is 10.1. The van der Waals surface area contributed by atoms with Gasteiger partial charge in [0.15, 0.2) is 0 Å². The van der Waals surface area contributed by atoms with Crippen molar-refractivity contribution in [3.63, 3.8) is 0 Å². The molecule has 0 aliphatic heterocycles. The van der Waals surface area contributed by atoms with Crippen molar-refractivity contribution in [1.29, 1.82) is 0 Å². The lowest BCUT2D eigenvalue weighted by Gasteiger charge is -2.10. The van der Waals surface area contributed by atoms with Crippen LogP contribution in [0.15, 0.2) is 18.2 Å². The standard InChI is InChI=1S/C14H18ClNO/c1-3-4-5-8-17-14-7-6-12(9-11(2)16)10-13(14)15/h1,6-7,10-11H,4-5,8-9,16H2,2H3. The summed E-state index contributed by atoms with van der Waals surface area (Å²) in [6.45, 7) is 2.56. The van der Waals surface area contributed by atoms with Crippen LogP contribution in [0.1, 0.15) is 25.3 Å². The van der Waals surface area contributed by atoms with Gasteiger partial charge in [-0.3, -0.25) is 0 Å². The summed E-state index contributed by atoms with van der Waals surface area (Å²) < 4.78 is 5.54. The van der Waals surface area contributed by atoms with Gasteiger partial charge in [-0.1, -0.05) is 17.7 Å². The van der Waals surface area contributed by atoms with Crippen molar-refractivity contribution in [2.24, 2.45) is 5.73 Å². The van der Waals surface area contributed by atoms with Gasteiger partial charge in [-0.25, -0.2) is 0 Å². The fourth-order valence-corrected chi connectivity index (χ4v) is 1.77. The smallest absolute Gasteiger partial charge is 0.137 e. The van der Waals surface area contributed by atoms with Gasteiger partial charge in [0.25, 0.3) is 0 Å². The van der Waals surface area contributed by atoms with E-state index < -0.39 is 0 Å². The highest BCUT2D eigenvalue weighted by Crippen LogP contribution is 2.26. The second kappa shape index (κ2) is 7.21. The Morgan fingerprint density at radius 1 is 1.53 bits per heavy atom. The lowest BCUT2D eigenvalue weighted by Crippen LogP contribution is -2.17. The minimum absolute atomic E-state index is 0.133. The Morgan fingerprint density at radius 3 is 2.88 bits per heavy atom. The molecule has 0 saturated heterocycles. The van der Waals surface area contributed by atoms with Gasteiger partial charge < -0.3 is 10.5 Å². The number of hydrogen-bond donors (Lipinski definition) is 1. The molecule has 0 radical (unpaired) electrons. The molecule has 17 heavy (non-hydrogen) atoms. The summed E-state index contributed by atoms with van der Waals surface area (Å²) in [7, 11) is 0. The SMILES string of the molecule is C#CCCCOc1ccc(CC(C)N)cc1Cl. The maximum atomic E-state index is 6.12. The fraction of sp³-hybridized carbons (Fsp3) is 0.429. The fourth-order valence-electron chi connectivity index (χ4n) is 1.52. The Labute approximate surface area is 108 Å². The van der Waals surface area contributed by atoms with E-state index in [1.807, 2.05) is 25.1 Å². The zero-order valence-corrected chi connectivity index (χ0v) is 10.8. The van der Waals surface area contributed by atoms with Crippen LogP contribution in [0.3, 0.4) is 0 Å². The van der Waals surface area contributed by atoms with Gasteiger partial charge in [0, 0.05) is 12.5 Å². The number of halogens is 1. The molecular formula is C14H18ClNO. The van der Waals surface area contributed by atoms with Crippen LogP contribution in [0, 0.1) is 12.3 Å². The number of nitrogens with two attached hydrogens (primary N) is 1. The Kier molecular flexibility index (Phi) is 5.90. The Bertz CT molecular complexity index is 396. The molecule has 0 bridgehead atoms. The molecule has 1 unspecified atom stereocenters. The molecule has 0 aliphatic carbocycles. The van der Waals surface area contributed by atoms with Crippen molar-refractivity contribution in [1.82, 2.24) is 0 Å². The Morgan fingerprint density at radius 2 is 2.29 bits per heavy atom. The van der Waals surface area contributed by atoms with E-state index in [4.69, 9.17) is 28.5 Å². The van der Waals surface area contributed by atoms with Crippen LogP contribution in [-0.4, -0.2) is 12.6 Å². The maximum absolute atomic E-state index is 6.12. The molecule has 3 heteroatoms. The molecule has 0 aliphatic rings. The van der Waals surface area contributed by atoms with Crippen LogP contribution >= 0.6 is 11.6 Å². The Hall–Kier alpha value is -1.17. The van der Waals surface area contributed by atoms with Gasteiger partial charge >= 0.3 is 0 Å². The van der Waals surface area contributed by atoms with Crippen LogP contribution in [-0.2, 0) is 6.42 Å². The summed E-state index contributed by atoms with van der Waals surface area (Å²) >= 11 is 6.12. The normalized spacial score (nSPS) is 11.9. The molecule has 1 atom stereocenters. The minimum atomic E-state index is 0.133. The van der Waals surface area contributed by atoms with Gasteiger partial charge in [0.05, 0.1) is 11.6 Å². The van der Waals surface area contributed by atoms with E-state index in [9.17, 15) is 0 Å². The summed E-state index contributed by atoms with van der Waals surface area (Å²) in [5.74, 6) is 3.28. The summed E-state index contributed by atoms with van der Waals surface area (Å²) in [5, 5.41) is 0.629. The molecule has 2 nitrogen and oxygen atoms in total. The third-order valence-corrected chi connectivity index (χ3v) is 2.57. The first-order chi connectivity index (χ1) is 8.13. The summed E-state index contributed by atoms with van der Waals surface area (Å²) in [6, 6.07) is 5.91. The van der Waals surface area contributed by atoms with Gasteiger partial charge in [0.1, 0.15) is 5.75 Å². The number of hydrogen-bond acceptors (Lipinski definition) is 2. The van der Waals surface area contributed by atoms with E-state index in [0.717, 1.165) is 24.8 Å². The number of benzene rings is 1. The molecule has 0 saturated carbocycles. The average molecular weight is 252 g/mol. The van der Waals surface area contributed by atoms with Crippen LogP contribution in [0.4, 0.5) is 0 Å². The van der Waals surface area contributed by atoms with Crippen LogP contribution in [0.5, 0.6) is 5.75 Å². The predicted octanol–water partition coefficient (Wildman–Crippen LogP) is 3.02. The number of terminal acetylenes is 1. The largest absolute Gasteiger partial charge is 0.492 e. The molecule has 2 N–H and O–H groups in total. The zero-order chi connectivity index (χ0) is 12.7. The lowest BCUT2D eigenvalue weighted by molar-refractivity contribution is 0.313. The van der Waals surface area contributed by atoms with Crippen molar-refractivity contribution in [2.45, 2.75) is 32.2 Å². The van der Waals surface area contributed by atoms with Crippen molar-refractivity contribution < 1.29 is 4.74 Å². The number of rotatable bonds is 6. The first kappa shape index (κ1) is 13.9. The second-order valence-corrected chi connectivity index (χ2v) is 4.51. The molecule has 92 valence electrons. The molecule has 1 aromatic carbocycles. The molecule has 0 heterocycles. The topological polar surface area (TPSA) is 35.2 Å². The summed E-state index contributed by atoms with van der Waals surface area (Å²) in [5.41, 5.74) is 6.86. The molecule has 0 amide bonds. The van der Waals surface area contributed by atoms with E-state index in [1.165, 1.54) is 0 Å². The van der Waals surface area contributed by atoms with E-state index in [1.54, 1.807) is 0 Å². The van der Waals surface area contributed by atoms with Crippen LogP contribution in [0.25, 0.3) is 0 Å². The van der Waals surface area contributed by atoms with Crippen LogP contribution < -0.4 is 10.5 Å². The average Bonchev–Trinajstić information content (AvgIpc) is 2.26. The van der Waals surface area contributed by atoms with Crippen molar-refractivity contribution in [3.05, 3.63) is 28.8 Å². The van der Waals surface area contributed by atoms with Crippen molar-refractivity contribution in [2.75, 3.05) is 6.61 Å². The van der Waals surface area contributed by atoms with Crippen molar-refractivity contribution in [3.8, 4) is 18.1 Å². The first-order valence-electron chi connectivity index (χ1n) is 5.73. The van der Waals surface area contributed by atoms with E-state index in [0.29, 0.717) is 17.4 Å². The van der Waals surface area contributed by atoms with Gasteiger partial charge in [0.2, 0.25) is 0 Å². The summed E-state index contributed by atoms with van der Waals surface area (Å²) in [6.07, 6.45) is 7.54. The highest BCUT2D eigenvalue weighted by Gasteiger charge is 2.04. The molecular weight excluding hydrogens is 234 g/mol. The summed E-state index contributed by atoms with van der Waals surface area (Å²) in [4.78, 5) is 0. The highest BCUT2D eigenvalue weighted by molar-refractivity contribution is 6.32. The first-order valence-corrected chi connectivity index (χ1v) is 6.11. The highest BCUT2D eigenvalue weighted by atomic mass is 35.5. The van der Waals surface area contributed by atoms with Crippen LogP contribution in [0.2, 0.25) is 5.02 Å². The van der Waals surface area contributed by atoms with Gasteiger partial charge in [-0.2, -0.15) is 0 Å². The lowest BCUT2D eigenvalue weighted by atomic mass is 10.1. The maximum Gasteiger partial charge on any atom is 0.137 e. The molecule has 1 rings (SSSR count). The van der Waals surface area contributed by atoms with Gasteiger partial charge in [-0.15, -0.1) is 12.3 Å². The predicted molar refractivity (Wildman–Crippen MR) is 72.4 cm³/mol. The molecule has 0 aromatic heterocycles. The number of ether oxygens (including phenoxy) is 1. The van der Waals surface area contributed by atoms with Gasteiger partial charge in [-0.05, 0) is 37.5 Å². The molecule has 1 aromatic rings. The van der Waals surface area contributed by atoms with E-state index in [-0.39, 0.29) is 6.04 Å². The Balaban J connectivity index is 2.54. The monoisotopic (exact) mass is 251 g/mol. The van der Waals surface area contributed by atoms with Crippen molar-refractivity contribution >= 4 is 11.6 Å². The molecule has 0 fully saturated rings. The van der Waals surface area contributed by atoms with E-state index in [2.05, 4.69) is 5.92 Å². The number of unbranched alkanes of at least 4 members (excludes halogenated alkanes) is 1. The molecule has 0 spiro atoms. The quantitative estimate of drug-likeness (QED) is 0.623. The third kappa shape index (κ3) is 5.12.